The third-order valence-electron chi connectivity index (χ3n) is 2.09. The van der Waals surface area contributed by atoms with Gasteiger partial charge in [-0.3, -0.25) is 0 Å². The molecule has 0 amide bonds. The Balaban J connectivity index is 2.73. The molecule has 1 aromatic rings. The van der Waals surface area contributed by atoms with Crippen molar-refractivity contribution in [1.82, 2.24) is 5.32 Å². The predicted octanol–water partition coefficient (Wildman–Crippen LogP) is 2.96. The van der Waals surface area contributed by atoms with Gasteiger partial charge in [0.1, 0.15) is 5.75 Å². The van der Waals surface area contributed by atoms with E-state index < -0.39 is 6.61 Å². The molecule has 0 aliphatic heterocycles. The zero-order valence-electron chi connectivity index (χ0n) is 8.84. The Morgan fingerprint density at radius 3 is 2.73 bits per heavy atom. The van der Waals surface area contributed by atoms with Crippen LogP contribution in [-0.4, -0.2) is 13.2 Å². The van der Waals surface area contributed by atoms with Crippen LogP contribution in [0.2, 0.25) is 0 Å². The maximum atomic E-state index is 12.0. The van der Waals surface area contributed by atoms with Gasteiger partial charge in [0.05, 0.1) is 0 Å². The van der Waals surface area contributed by atoms with Gasteiger partial charge in [0.25, 0.3) is 0 Å². The Kier molecular flexibility index (Phi) is 4.49. The minimum Gasteiger partial charge on any atom is -0.435 e. The summed E-state index contributed by atoms with van der Waals surface area (Å²) in [7, 11) is 0. The third kappa shape index (κ3) is 3.83. The molecule has 0 aromatic heterocycles. The number of rotatable bonds is 5. The molecule has 0 saturated carbocycles. The van der Waals surface area contributed by atoms with Gasteiger partial charge >= 0.3 is 6.61 Å². The fourth-order valence-corrected chi connectivity index (χ4v) is 1.38. The first kappa shape index (κ1) is 11.9. The highest BCUT2D eigenvalue weighted by Crippen LogP contribution is 2.20. The number of benzene rings is 1. The summed E-state index contributed by atoms with van der Waals surface area (Å²) in [6.45, 7) is 2.04. The predicted molar refractivity (Wildman–Crippen MR) is 55.2 cm³/mol. The molecule has 0 aliphatic rings. The fraction of sp³-hybridized carbons (Fsp3) is 0.455. The highest BCUT2D eigenvalue weighted by molar-refractivity contribution is 5.30. The summed E-state index contributed by atoms with van der Waals surface area (Å²) < 4.78 is 28.2. The third-order valence-corrected chi connectivity index (χ3v) is 2.09. The second-order valence-electron chi connectivity index (χ2n) is 3.23. The number of ether oxygens (including phenoxy) is 1. The maximum absolute atomic E-state index is 12.0. The molecule has 1 atom stereocenters. The average Bonchev–Trinajstić information content (AvgIpc) is 2.17. The molecule has 1 rings (SSSR count). The van der Waals surface area contributed by atoms with Crippen molar-refractivity contribution >= 4 is 0 Å². The lowest BCUT2D eigenvalue weighted by Crippen LogP contribution is -2.17. The van der Waals surface area contributed by atoms with E-state index in [0.717, 1.165) is 12.1 Å². The first-order chi connectivity index (χ1) is 7.13. The number of nitrogens with one attached hydrogen (secondary N) is 1. The fourth-order valence-electron chi connectivity index (χ4n) is 1.38. The zero-order chi connectivity index (χ0) is 11.3. The van der Waals surface area contributed by atoms with Crippen LogP contribution in [-0.2, 0) is 0 Å². The molecule has 2 nitrogen and oxygen atoms in total. The molecule has 0 aliphatic carbocycles. The van der Waals surface area contributed by atoms with E-state index in [1.807, 2.05) is 19.9 Å². The van der Waals surface area contributed by atoms with Crippen molar-refractivity contribution in [3.8, 4) is 5.75 Å². The van der Waals surface area contributed by atoms with Gasteiger partial charge in [-0.05, 0) is 31.2 Å². The lowest BCUT2D eigenvalue weighted by atomic mass is 10.1. The minimum atomic E-state index is -2.77. The second kappa shape index (κ2) is 5.66. The normalized spacial score (nSPS) is 12.9. The molecular weight excluding hydrogens is 200 g/mol. The molecule has 4 heteroatoms. The standard InChI is InChI=1S/C11H15F2NO/c1-3-14-8(2)9-5-4-6-10(7-9)15-11(12)13/h4-8,11,14H,3H2,1-2H3/t8-/m1/s1. The Labute approximate surface area is 88.3 Å². The molecule has 15 heavy (non-hydrogen) atoms. The van der Waals surface area contributed by atoms with E-state index in [4.69, 9.17) is 0 Å². The van der Waals surface area contributed by atoms with Gasteiger partial charge in [-0.25, -0.2) is 0 Å². The topological polar surface area (TPSA) is 21.3 Å². The summed E-state index contributed by atoms with van der Waals surface area (Å²) in [6, 6.07) is 6.87. The maximum Gasteiger partial charge on any atom is 0.387 e. The highest BCUT2D eigenvalue weighted by atomic mass is 19.3. The van der Waals surface area contributed by atoms with Crippen LogP contribution < -0.4 is 10.1 Å². The molecule has 0 saturated heterocycles. The van der Waals surface area contributed by atoms with E-state index in [-0.39, 0.29) is 11.8 Å². The quantitative estimate of drug-likeness (QED) is 0.815. The van der Waals surface area contributed by atoms with Gasteiger partial charge in [-0.1, -0.05) is 19.1 Å². The van der Waals surface area contributed by atoms with Gasteiger partial charge in [-0.2, -0.15) is 8.78 Å². The monoisotopic (exact) mass is 215 g/mol. The van der Waals surface area contributed by atoms with Gasteiger partial charge in [0.2, 0.25) is 0 Å². The molecule has 0 fully saturated rings. The van der Waals surface area contributed by atoms with Crippen LogP contribution >= 0.6 is 0 Å². The summed E-state index contributed by atoms with van der Waals surface area (Å²) in [5, 5.41) is 3.20. The van der Waals surface area contributed by atoms with Gasteiger partial charge in [0, 0.05) is 6.04 Å². The molecule has 0 unspecified atom stereocenters. The van der Waals surface area contributed by atoms with Gasteiger partial charge in [0.15, 0.2) is 0 Å². The number of halogens is 2. The SMILES string of the molecule is CCN[C@H](C)c1cccc(OC(F)F)c1. The molecule has 0 heterocycles. The van der Waals surface area contributed by atoms with Crippen LogP contribution in [0, 0.1) is 0 Å². The van der Waals surface area contributed by atoms with Crippen molar-refractivity contribution < 1.29 is 13.5 Å². The van der Waals surface area contributed by atoms with Crippen molar-refractivity contribution in [3.05, 3.63) is 29.8 Å². The summed E-state index contributed by atoms with van der Waals surface area (Å²) in [4.78, 5) is 0. The zero-order valence-corrected chi connectivity index (χ0v) is 8.84. The lowest BCUT2D eigenvalue weighted by Gasteiger charge is -2.13. The first-order valence-corrected chi connectivity index (χ1v) is 4.91. The van der Waals surface area contributed by atoms with E-state index in [1.54, 1.807) is 12.1 Å². The lowest BCUT2D eigenvalue weighted by molar-refractivity contribution is -0.0499. The van der Waals surface area contributed by atoms with E-state index >= 15 is 0 Å². The van der Waals surface area contributed by atoms with Crippen LogP contribution in [0.15, 0.2) is 24.3 Å². The van der Waals surface area contributed by atoms with Crippen LogP contribution in [0.25, 0.3) is 0 Å². The molecule has 84 valence electrons. The van der Waals surface area contributed by atoms with E-state index in [9.17, 15) is 8.78 Å². The molecular formula is C11H15F2NO. The van der Waals surface area contributed by atoms with Crippen molar-refractivity contribution in [2.24, 2.45) is 0 Å². The van der Waals surface area contributed by atoms with Gasteiger partial charge in [-0.15, -0.1) is 0 Å². The molecule has 0 bridgehead atoms. The van der Waals surface area contributed by atoms with Crippen LogP contribution in [0.3, 0.4) is 0 Å². The highest BCUT2D eigenvalue weighted by Gasteiger charge is 2.07. The summed E-state index contributed by atoms with van der Waals surface area (Å²) in [5.41, 5.74) is 0.940. The van der Waals surface area contributed by atoms with Crippen molar-refractivity contribution in [2.45, 2.75) is 26.5 Å². The molecule has 0 radical (unpaired) electrons. The Morgan fingerprint density at radius 2 is 2.13 bits per heavy atom. The number of hydrogen-bond donors (Lipinski definition) is 1. The van der Waals surface area contributed by atoms with E-state index in [1.165, 1.54) is 6.07 Å². The van der Waals surface area contributed by atoms with E-state index in [2.05, 4.69) is 10.1 Å². The Bertz CT molecular complexity index is 304. The summed E-state index contributed by atoms with van der Waals surface area (Å²) in [6.07, 6.45) is 0. The van der Waals surface area contributed by atoms with Crippen molar-refractivity contribution in [1.29, 1.82) is 0 Å². The summed E-state index contributed by atoms with van der Waals surface area (Å²) in [5.74, 6) is 0.201. The Morgan fingerprint density at radius 1 is 1.40 bits per heavy atom. The number of alkyl halides is 2. The second-order valence-corrected chi connectivity index (χ2v) is 3.23. The minimum absolute atomic E-state index is 0.135. The van der Waals surface area contributed by atoms with Crippen LogP contribution in [0.5, 0.6) is 5.75 Å². The largest absolute Gasteiger partial charge is 0.435 e. The Hall–Kier alpha value is -1.16. The molecule has 1 N–H and O–H groups in total. The molecule has 0 spiro atoms. The summed E-state index contributed by atoms with van der Waals surface area (Å²) >= 11 is 0. The van der Waals surface area contributed by atoms with Crippen LogP contribution in [0.1, 0.15) is 25.5 Å². The van der Waals surface area contributed by atoms with Crippen molar-refractivity contribution in [2.75, 3.05) is 6.54 Å². The van der Waals surface area contributed by atoms with Crippen LogP contribution in [0.4, 0.5) is 8.78 Å². The number of hydrogen-bond acceptors (Lipinski definition) is 2. The molecule has 1 aromatic carbocycles. The van der Waals surface area contributed by atoms with Crippen molar-refractivity contribution in [3.63, 3.8) is 0 Å². The van der Waals surface area contributed by atoms with E-state index in [0.29, 0.717) is 0 Å². The first-order valence-electron chi connectivity index (χ1n) is 4.91. The average molecular weight is 215 g/mol. The smallest absolute Gasteiger partial charge is 0.387 e. The van der Waals surface area contributed by atoms with Gasteiger partial charge < -0.3 is 10.1 Å².